The van der Waals surface area contributed by atoms with Crippen molar-refractivity contribution < 1.29 is 19.0 Å². The molecule has 1 aromatic rings. The molecule has 0 fully saturated rings. The van der Waals surface area contributed by atoms with Crippen LogP contribution in [0.25, 0.3) is 0 Å². The van der Waals surface area contributed by atoms with E-state index in [9.17, 15) is 4.79 Å². The molecule has 82 valence electrons. The van der Waals surface area contributed by atoms with Gasteiger partial charge in [0.2, 0.25) is 0 Å². The van der Waals surface area contributed by atoms with Crippen molar-refractivity contribution in [3.05, 3.63) is 29.8 Å². The summed E-state index contributed by atoms with van der Waals surface area (Å²) in [5.41, 5.74) is 0.477. The highest BCUT2D eigenvalue weighted by Gasteiger charge is 2.06. The average molecular weight is 210 g/mol. The summed E-state index contributed by atoms with van der Waals surface area (Å²) in [5, 5.41) is 0. The molecule has 0 atom stereocenters. The zero-order valence-electron chi connectivity index (χ0n) is 8.86. The van der Waals surface area contributed by atoms with Gasteiger partial charge in [-0.3, -0.25) is 0 Å². The van der Waals surface area contributed by atoms with E-state index in [1.165, 1.54) is 7.11 Å². The zero-order chi connectivity index (χ0) is 11.1. The minimum absolute atomic E-state index is 0.159. The molecule has 0 saturated heterocycles. The summed E-state index contributed by atoms with van der Waals surface area (Å²) in [4.78, 5) is 11.4. The van der Waals surface area contributed by atoms with Gasteiger partial charge in [0.15, 0.2) is 6.79 Å². The first kappa shape index (κ1) is 11.5. The second-order valence-electron chi connectivity index (χ2n) is 2.80. The SMILES string of the molecule is CCOC(=O)c1cccc(OCOC)c1. The third-order valence-electron chi connectivity index (χ3n) is 1.69. The molecule has 0 aliphatic carbocycles. The maximum absolute atomic E-state index is 11.4. The number of rotatable bonds is 5. The molecule has 0 heterocycles. The molecule has 0 amide bonds. The van der Waals surface area contributed by atoms with Gasteiger partial charge in [0.1, 0.15) is 5.75 Å². The van der Waals surface area contributed by atoms with Gasteiger partial charge in [-0.15, -0.1) is 0 Å². The van der Waals surface area contributed by atoms with Gasteiger partial charge in [-0.2, -0.15) is 0 Å². The largest absolute Gasteiger partial charge is 0.468 e. The van der Waals surface area contributed by atoms with E-state index in [2.05, 4.69) is 0 Å². The lowest BCUT2D eigenvalue weighted by Crippen LogP contribution is -2.05. The van der Waals surface area contributed by atoms with Crippen LogP contribution in [0.5, 0.6) is 5.75 Å². The van der Waals surface area contributed by atoms with Gasteiger partial charge in [-0.1, -0.05) is 6.07 Å². The van der Waals surface area contributed by atoms with Crippen molar-refractivity contribution in [1.82, 2.24) is 0 Å². The fraction of sp³-hybridized carbons (Fsp3) is 0.364. The third kappa shape index (κ3) is 3.59. The van der Waals surface area contributed by atoms with E-state index in [1.807, 2.05) is 0 Å². The fourth-order valence-corrected chi connectivity index (χ4v) is 1.05. The summed E-state index contributed by atoms with van der Waals surface area (Å²) in [5.74, 6) is 0.239. The Hall–Kier alpha value is -1.55. The van der Waals surface area contributed by atoms with Crippen LogP contribution in [-0.2, 0) is 9.47 Å². The van der Waals surface area contributed by atoms with Crippen molar-refractivity contribution in [3.63, 3.8) is 0 Å². The van der Waals surface area contributed by atoms with Crippen molar-refractivity contribution in [3.8, 4) is 5.75 Å². The van der Waals surface area contributed by atoms with Crippen molar-refractivity contribution in [2.75, 3.05) is 20.5 Å². The highest BCUT2D eigenvalue weighted by molar-refractivity contribution is 5.89. The lowest BCUT2D eigenvalue weighted by atomic mass is 10.2. The van der Waals surface area contributed by atoms with Crippen molar-refractivity contribution in [1.29, 1.82) is 0 Å². The van der Waals surface area contributed by atoms with E-state index in [1.54, 1.807) is 31.2 Å². The molecule has 0 aliphatic rings. The van der Waals surface area contributed by atoms with Crippen LogP contribution in [0.3, 0.4) is 0 Å². The second-order valence-corrected chi connectivity index (χ2v) is 2.80. The molecule has 4 nitrogen and oxygen atoms in total. The summed E-state index contributed by atoms with van der Waals surface area (Å²) in [6, 6.07) is 6.79. The van der Waals surface area contributed by atoms with Crippen LogP contribution in [0, 0.1) is 0 Å². The van der Waals surface area contributed by atoms with Crippen LogP contribution in [0.15, 0.2) is 24.3 Å². The Balaban J connectivity index is 2.69. The molecule has 4 heteroatoms. The van der Waals surface area contributed by atoms with E-state index in [-0.39, 0.29) is 12.8 Å². The summed E-state index contributed by atoms with van der Waals surface area (Å²) in [6.45, 7) is 2.29. The summed E-state index contributed by atoms with van der Waals surface area (Å²) in [6.07, 6.45) is 0. The minimum atomic E-state index is -0.347. The van der Waals surface area contributed by atoms with Crippen LogP contribution >= 0.6 is 0 Å². The van der Waals surface area contributed by atoms with Crippen LogP contribution < -0.4 is 4.74 Å². The molecule has 0 aliphatic heterocycles. The van der Waals surface area contributed by atoms with Gasteiger partial charge in [-0.25, -0.2) is 4.79 Å². The van der Waals surface area contributed by atoms with Crippen LogP contribution in [0.2, 0.25) is 0 Å². The standard InChI is InChI=1S/C11H14O4/c1-3-14-11(12)9-5-4-6-10(7-9)15-8-13-2/h4-7H,3,8H2,1-2H3. The van der Waals surface area contributed by atoms with E-state index in [0.29, 0.717) is 17.9 Å². The Morgan fingerprint density at radius 1 is 1.40 bits per heavy atom. The topological polar surface area (TPSA) is 44.8 Å². The number of esters is 1. The Morgan fingerprint density at radius 2 is 2.20 bits per heavy atom. The molecular weight excluding hydrogens is 196 g/mol. The van der Waals surface area contributed by atoms with Gasteiger partial charge in [0, 0.05) is 7.11 Å². The third-order valence-corrected chi connectivity index (χ3v) is 1.69. The monoisotopic (exact) mass is 210 g/mol. The Labute approximate surface area is 88.8 Å². The van der Waals surface area contributed by atoms with E-state index < -0.39 is 0 Å². The molecular formula is C11H14O4. The first-order valence-electron chi connectivity index (χ1n) is 4.67. The molecule has 1 rings (SSSR count). The molecule has 0 bridgehead atoms. The number of carbonyl (C=O) groups is 1. The van der Waals surface area contributed by atoms with Gasteiger partial charge in [-0.05, 0) is 25.1 Å². The minimum Gasteiger partial charge on any atom is -0.468 e. The summed E-state index contributed by atoms with van der Waals surface area (Å²) >= 11 is 0. The van der Waals surface area contributed by atoms with Crippen molar-refractivity contribution in [2.45, 2.75) is 6.92 Å². The predicted molar refractivity (Wildman–Crippen MR) is 54.9 cm³/mol. The van der Waals surface area contributed by atoms with Gasteiger partial charge >= 0.3 is 5.97 Å². The molecule has 0 N–H and O–H groups in total. The molecule has 1 aromatic carbocycles. The Kier molecular flexibility index (Phi) is 4.63. The number of carbonyl (C=O) groups excluding carboxylic acids is 1. The summed E-state index contributed by atoms with van der Waals surface area (Å²) in [7, 11) is 1.54. The molecule has 0 aromatic heterocycles. The number of methoxy groups -OCH3 is 1. The van der Waals surface area contributed by atoms with Crippen LogP contribution in [0.4, 0.5) is 0 Å². The molecule has 0 saturated carbocycles. The Morgan fingerprint density at radius 3 is 2.87 bits per heavy atom. The first-order valence-corrected chi connectivity index (χ1v) is 4.67. The maximum atomic E-state index is 11.4. The Bertz CT molecular complexity index is 322. The van der Waals surface area contributed by atoms with Crippen LogP contribution in [0.1, 0.15) is 17.3 Å². The number of benzene rings is 1. The van der Waals surface area contributed by atoms with Gasteiger partial charge in [0.25, 0.3) is 0 Å². The van der Waals surface area contributed by atoms with E-state index >= 15 is 0 Å². The molecule has 15 heavy (non-hydrogen) atoms. The highest BCUT2D eigenvalue weighted by atomic mass is 16.7. The number of hydrogen-bond acceptors (Lipinski definition) is 4. The zero-order valence-corrected chi connectivity index (χ0v) is 8.86. The van der Waals surface area contributed by atoms with E-state index in [4.69, 9.17) is 14.2 Å². The highest BCUT2D eigenvalue weighted by Crippen LogP contribution is 2.14. The number of ether oxygens (including phenoxy) is 3. The second kappa shape index (κ2) is 6.03. The lowest BCUT2D eigenvalue weighted by Gasteiger charge is -2.06. The lowest BCUT2D eigenvalue weighted by molar-refractivity contribution is 0.0490. The fourth-order valence-electron chi connectivity index (χ4n) is 1.05. The quantitative estimate of drug-likeness (QED) is 0.549. The summed E-state index contributed by atoms with van der Waals surface area (Å²) < 4.78 is 14.8. The van der Waals surface area contributed by atoms with E-state index in [0.717, 1.165) is 0 Å². The smallest absolute Gasteiger partial charge is 0.338 e. The number of hydrogen-bond donors (Lipinski definition) is 0. The van der Waals surface area contributed by atoms with Crippen molar-refractivity contribution in [2.24, 2.45) is 0 Å². The molecule has 0 spiro atoms. The normalized spacial score (nSPS) is 9.73. The molecule has 0 radical (unpaired) electrons. The van der Waals surface area contributed by atoms with Crippen molar-refractivity contribution >= 4 is 5.97 Å². The van der Waals surface area contributed by atoms with Gasteiger partial charge in [0.05, 0.1) is 12.2 Å². The maximum Gasteiger partial charge on any atom is 0.338 e. The predicted octanol–water partition coefficient (Wildman–Crippen LogP) is 1.85. The van der Waals surface area contributed by atoms with Crippen LogP contribution in [-0.4, -0.2) is 26.5 Å². The average Bonchev–Trinajstić information content (AvgIpc) is 2.27. The first-order chi connectivity index (χ1) is 7.27. The molecule has 0 unspecified atom stereocenters. The van der Waals surface area contributed by atoms with Gasteiger partial charge < -0.3 is 14.2 Å².